The van der Waals surface area contributed by atoms with Crippen LogP contribution in [0.2, 0.25) is 0 Å². The Morgan fingerprint density at radius 3 is 2.56 bits per heavy atom. The number of guanidine groups is 1. The minimum atomic E-state index is -0.249. The summed E-state index contributed by atoms with van der Waals surface area (Å²) in [5.41, 5.74) is 1.68. The number of para-hydroxylation sites is 1. The lowest BCUT2D eigenvalue weighted by Gasteiger charge is -2.23. The van der Waals surface area contributed by atoms with E-state index in [-0.39, 0.29) is 5.60 Å². The maximum atomic E-state index is 6.05. The van der Waals surface area contributed by atoms with E-state index < -0.39 is 0 Å². The van der Waals surface area contributed by atoms with Crippen molar-refractivity contribution in [3.8, 4) is 11.6 Å². The van der Waals surface area contributed by atoms with Gasteiger partial charge in [0.25, 0.3) is 0 Å². The van der Waals surface area contributed by atoms with E-state index in [1.165, 1.54) is 0 Å². The van der Waals surface area contributed by atoms with E-state index in [4.69, 9.17) is 9.47 Å². The number of pyridine rings is 1. The molecule has 0 spiro atoms. The lowest BCUT2D eigenvalue weighted by atomic mass is 10.1. The molecular formula is C21H30N4O2. The zero-order valence-corrected chi connectivity index (χ0v) is 16.9. The lowest BCUT2D eigenvalue weighted by molar-refractivity contribution is 0.129. The zero-order chi connectivity index (χ0) is 19.7. The highest BCUT2D eigenvalue weighted by atomic mass is 16.5. The van der Waals surface area contributed by atoms with E-state index in [0.29, 0.717) is 19.0 Å². The van der Waals surface area contributed by atoms with Crippen LogP contribution < -0.4 is 20.1 Å². The fourth-order valence-corrected chi connectivity index (χ4v) is 2.41. The number of ether oxygens (including phenoxy) is 2. The van der Waals surface area contributed by atoms with Crippen LogP contribution in [0.5, 0.6) is 11.6 Å². The molecule has 1 aromatic heterocycles. The van der Waals surface area contributed by atoms with Gasteiger partial charge in [0.2, 0.25) is 5.88 Å². The summed E-state index contributed by atoms with van der Waals surface area (Å²) in [5.74, 6) is 2.19. The highest BCUT2D eigenvalue weighted by Gasteiger charge is 2.14. The highest BCUT2D eigenvalue weighted by Crippen LogP contribution is 2.23. The molecule has 0 aliphatic rings. The third kappa shape index (κ3) is 7.17. The minimum absolute atomic E-state index is 0.249. The van der Waals surface area contributed by atoms with Gasteiger partial charge in [-0.05, 0) is 39.8 Å². The summed E-state index contributed by atoms with van der Waals surface area (Å²) < 4.78 is 11.2. The van der Waals surface area contributed by atoms with E-state index in [2.05, 4.69) is 20.6 Å². The third-order valence-electron chi connectivity index (χ3n) is 3.57. The molecule has 6 heteroatoms. The van der Waals surface area contributed by atoms with Gasteiger partial charge in [-0.1, -0.05) is 24.3 Å². The maximum absolute atomic E-state index is 6.05. The largest absolute Gasteiger partial charge is 0.488 e. The SMILES string of the molecule is CCNC(=NCc1ccccc1OC(C)(C)C)NCc1cccc(OC)n1. The summed E-state index contributed by atoms with van der Waals surface area (Å²) in [6, 6.07) is 13.7. The summed E-state index contributed by atoms with van der Waals surface area (Å²) in [6.45, 7) is 10.0. The average molecular weight is 370 g/mol. The quantitative estimate of drug-likeness (QED) is 0.576. The minimum Gasteiger partial charge on any atom is -0.488 e. The third-order valence-corrected chi connectivity index (χ3v) is 3.57. The van der Waals surface area contributed by atoms with Crippen LogP contribution in [0.15, 0.2) is 47.5 Å². The molecular weight excluding hydrogens is 340 g/mol. The van der Waals surface area contributed by atoms with E-state index in [9.17, 15) is 0 Å². The first kappa shape index (κ1) is 20.6. The van der Waals surface area contributed by atoms with Crippen LogP contribution in [0.25, 0.3) is 0 Å². The molecule has 1 heterocycles. The number of aromatic nitrogens is 1. The number of rotatable bonds is 7. The predicted octanol–water partition coefficient (Wildman–Crippen LogP) is 3.52. The van der Waals surface area contributed by atoms with Crippen LogP contribution in [0.1, 0.15) is 39.0 Å². The van der Waals surface area contributed by atoms with Gasteiger partial charge in [0.15, 0.2) is 5.96 Å². The molecule has 0 fully saturated rings. The van der Waals surface area contributed by atoms with Gasteiger partial charge in [0, 0.05) is 18.2 Å². The summed E-state index contributed by atoms with van der Waals surface area (Å²) in [7, 11) is 1.61. The van der Waals surface area contributed by atoms with E-state index >= 15 is 0 Å². The maximum Gasteiger partial charge on any atom is 0.213 e. The molecule has 2 N–H and O–H groups in total. The number of hydrogen-bond donors (Lipinski definition) is 2. The summed E-state index contributed by atoms with van der Waals surface area (Å²) in [4.78, 5) is 9.10. The van der Waals surface area contributed by atoms with Gasteiger partial charge < -0.3 is 20.1 Å². The van der Waals surface area contributed by atoms with Gasteiger partial charge in [-0.25, -0.2) is 9.98 Å². The van der Waals surface area contributed by atoms with Crippen LogP contribution in [-0.2, 0) is 13.1 Å². The van der Waals surface area contributed by atoms with Crippen molar-refractivity contribution in [3.63, 3.8) is 0 Å². The topological polar surface area (TPSA) is 67.8 Å². The second-order valence-electron chi connectivity index (χ2n) is 7.04. The van der Waals surface area contributed by atoms with Crippen LogP contribution in [0.3, 0.4) is 0 Å². The van der Waals surface area contributed by atoms with Crippen molar-refractivity contribution in [3.05, 3.63) is 53.7 Å². The van der Waals surface area contributed by atoms with Crippen molar-refractivity contribution >= 4 is 5.96 Å². The molecule has 0 atom stereocenters. The number of nitrogens with zero attached hydrogens (tertiary/aromatic N) is 2. The van der Waals surface area contributed by atoms with Crippen molar-refractivity contribution in [2.24, 2.45) is 4.99 Å². The van der Waals surface area contributed by atoms with Gasteiger partial charge >= 0.3 is 0 Å². The molecule has 1 aromatic carbocycles. The van der Waals surface area contributed by atoms with E-state index in [1.807, 2.05) is 70.2 Å². The first-order chi connectivity index (χ1) is 12.9. The molecule has 2 rings (SSSR count). The molecule has 0 aliphatic heterocycles. The standard InChI is InChI=1S/C21H30N4O2/c1-6-22-20(24-15-17-11-9-13-19(25-17)26-5)23-14-16-10-7-8-12-18(16)27-21(2,3)4/h7-13H,6,14-15H2,1-5H3,(H2,22,23,24). The van der Waals surface area contributed by atoms with Crippen molar-refractivity contribution < 1.29 is 9.47 Å². The second-order valence-corrected chi connectivity index (χ2v) is 7.04. The summed E-state index contributed by atoms with van der Waals surface area (Å²) in [6.07, 6.45) is 0. The number of aliphatic imine (C=N–C) groups is 1. The first-order valence-electron chi connectivity index (χ1n) is 9.20. The zero-order valence-electron chi connectivity index (χ0n) is 16.9. The Morgan fingerprint density at radius 1 is 1.07 bits per heavy atom. The van der Waals surface area contributed by atoms with Crippen LogP contribution in [0, 0.1) is 0 Å². The van der Waals surface area contributed by atoms with Gasteiger partial charge in [-0.3, -0.25) is 0 Å². The molecule has 146 valence electrons. The molecule has 27 heavy (non-hydrogen) atoms. The molecule has 0 saturated carbocycles. The smallest absolute Gasteiger partial charge is 0.213 e. The van der Waals surface area contributed by atoms with Crippen LogP contribution >= 0.6 is 0 Å². The van der Waals surface area contributed by atoms with Crippen LogP contribution in [0.4, 0.5) is 0 Å². The number of methoxy groups -OCH3 is 1. The van der Waals surface area contributed by atoms with Gasteiger partial charge in [0.05, 0.1) is 25.9 Å². The Balaban J connectivity index is 2.07. The van der Waals surface area contributed by atoms with Crippen molar-refractivity contribution in [2.75, 3.05) is 13.7 Å². The molecule has 0 radical (unpaired) electrons. The Bertz CT molecular complexity index is 754. The molecule has 0 unspecified atom stereocenters. The van der Waals surface area contributed by atoms with Crippen LogP contribution in [-0.4, -0.2) is 30.2 Å². The highest BCUT2D eigenvalue weighted by molar-refractivity contribution is 5.79. The first-order valence-corrected chi connectivity index (χ1v) is 9.20. The molecule has 0 aliphatic carbocycles. The second kappa shape index (κ2) is 9.80. The monoisotopic (exact) mass is 370 g/mol. The Kier molecular flexibility index (Phi) is 7.46. The normalized spacial score (nSPS) is 11.8. The van der Waals surface area contributed by atoms with Crippen molar-refractivity contribution in [2.45, 2.75) is 46.4 Å². The number of benzene rings is 1. The van der Waals surface area contributed by atoms with E-state index in [1.54, 1.807) is 7.11 Å². The van der Waals surface area contributed by atoms with Crippen molar-refractivity contribution in [1.82, 2.24) is 15.6 Å². The number of nitrogens with one attached hydrogen (secondary N) is 2. The van der Waals surface area contributed by atoms with Gasteiger partial charge in [-0.15, -0.1) is 0 Å². The Labute approximate surface area is 162 Å². The number of hydrogen-bond acceptors (Lipinski definition) is 4. The Hall–Kier alpha value is -2.76. The van der Waals surface area contributed by atoms with Gasteiger partial charge in [-0.2, -0.15) is 0 Å². The summed E-state index contributed by atoms with van der Waals surface area (Å²) >= 11 is 0. The molecule has 2 aromatic rings. The summed E-state index contributed by atoms with van der Waals surface area (Å²) in [5, 5.41) is 6.56. The van der Waals surface area contributed by atoms with Gasteiger partial charge in [0.1, 0.15) is 11.4 Å². The molecule has 0 bridgehead atoms. The Morgan fingerprint density at radius 2 is 1.85 bits per heavy atom. The lowest BCUT2D eigenvalue weighted by Crippen LogP contribution is -2.37. The van der Waals surface area contributed by atoms with E-state index in [0.717, 1.165) is 29.5 Å². The fourth-order valence-electron chi connectivity index (χ4n) is 2.41. The predicted molar refractivity (Wildman–Crippen MR) is 109 cm³/mol. The fraction of sp³-hybridized carbons (Fsp3) is 0.429. The van der Waals surface area contributed by atoms with Crippen molar-refractivity contribution in [1.29, 1.82) is 0 Å². The molecule has 0 saturated heterocycles. The molecule has 0 amide bonds. The average Bonchev–Trinajstić information content (AvgIpc) is 2.64. The molecule has 6 nitrogen and oxygen atoms in total.